The Labute approximate surface area is 153 Å². The van der Waals surface area contributed by atoms with Crippen molar-refractivity contribution < 1.29 is 19.1 Å². The molecule has 6 nitrogen and oxygen atoms in total. The van der Waals surface area contributed by atoms with E-state index in [-0.39, 0.29) is 18.9 Å². The standard InChI is InChI=1S/C20H24N2O4/c1-3-25-18-12-8-7-11-17(18)21-14-13-19(23)22-16-10-6-5-9-15(16)20(24)26-4-2/h5-12,21H,3-4,13-14H2,1-2H3,(H,22,23). The molecular weight excluding hydrogens is 332 g/mol. The number of rotatable bonds is 9. The molecule has 0 spiro atoms. The van der Waals surface area contributed by atoms with Crippen LogP contribution in [0.3, 0.4) is 0 Å². The van der Waals surface area contributed by atoms with E-state index in [2.05, 4.69) is 10.6 Å². The van der Waals surface area contributed by atoms with E-state index < -0.39 is 5.97 Å². The second kappa shape index (κ2) is 10.1. The molecule has 0 heterocycles. The maximum Gasteiger partial charge on any atom is 0.340 e. The minimum absolute atomic E-state index is 0.192. The van der Waals surface area contributed by atoms with Gasteiger partial charge in [0.25, 0.3) is 0 Å². The molecule has 0 saturated heterocycles. The normalized spacial score (nSPS) is 10.1. The third kappa shape index (κ3) is 5.51. The van der Waals surface area contributed by atoms with Gasteiger partial charge in [-0.2, -0.15) is 0 Å². The van der Waals surface area contributed by atoms with Crippen LogP contribution in [0.2, 0.25) is 0 Å². The quantitative estimate of drug-likeness (QED) is 0.670. The van der Waals surface area contributed by atoms with Crippen molar-refractivity contribution in [1.29, 1.82) is 0 Å². The number of hydrogen-bond acceptors (Lipinski definition) is 5. The van der Waals surface area contributed by atoms with E-state index in [9.17, 15) is 9.59 Å². The molecule has 6 heteroatoms. The van der Waals surface area contributed by atoms with Gasteiger partial charge in [-0.3, -0.25) is 4.79 Å². The number of amides is 1. The van der Waals surface area contributed by atoms with E-state index in [1.165, 1.54) is 0 Å². The summed E-state index contributed by atoms with van der Waals surface area (Å²) in [5.74, 6) is 0.110. The predicted octanol–water partition coefficient (Wildman–Crippen LogP) is 3.70. The maximum absolute atomic E-state index is 12.2. The lowest BCUT2D eigenvalue weighted by molar-refractivity contribution is -0.115. The zero-order valence-corrected chi connectivity index (χ0v) is 15.1. The molecule has 0 aromatic heterocycles. The summed E-state index contributed by atoms with van der Waals surface area (Å²) in [7, 11) is 0. The highest BCUT2D eigenvalue weighted by Gasteiger charge is 2.13. The van der Waals surface area contributed by atoms with Crippen LogP contribution in [0.1, 0.15) is 30.6 Å². The summed E-state index contributed by atoms with van der Waals surface area (Å²) in [6.45, 7) is 4.96. The highest BCUT2D eigenvalue weighted by molar-refractivity contribution is 6.01. The van der Waals surface area contributed by atoms with Gasteiger partial charge < -0.3 is 20.1 Å². The zero-order valence-electron chi connectivity index (χ0n) is 15.1. The average molecular weight is 356 g/mol. The molecule has 1 amide bonds. The molecule has 138 valence electrons. The van der Waals surface area contributed by atoms with E-state index in [0.29, 0.717) is 24.4 Å². The zero-order chi connectivity index (χ0) is 18.8. The molecule has 2 N–H and O–H groups in total. The molecule has 0 bridgehead atoms. The molecule has 0 aliphatic heterocycles. The van der Waals surface area contributed by atoms with Gasteiger partial charge in [0.15, 0.2) is 0 Å². The first-order valence-electron chi connectivity index (χ1n) is 8.67. The van der Waals surface area contributed by atoms with Gasteiger partial charge in [-0.05, 0) is 38.1 Å². The Balaban J connectivity index is 1.91. The number of nitrogens with one attached hydrogen (secondary N) is 2. The Morgan fingerprint density at radius 3 is 2.35 bits per heavy atom. The van der Waals surface area contributed by atoms with Gasteiger partial charge in [0.1, 0.15) is 5.75 Å². The molecule has 0 unspecified atom stereocenters. The fourth-order valence-corrected chi connectivity index (χ4v) is 2.40. The van der Waals surface area contributed by atoms with Crippen molar-refractivity contribution in [1.82, 2.24) is 0 Å². The van der Waals surface area contributed by atoms with Gasteiger partial charge in [-0.15, -0.1) is 0 Å². The van der Waals surface area contributed by atoms with Crippen molar-refractivity contribution in [3.63, 3.8) is 0 Å². The first kappa shape index (κ1) is 19.3. The van der Waals surface area contributed by atoms with E-state index in [1.54, 1.807) is 31.2 Å². The molecule has 0 aliphatic carbocycles. The van der Waals surface area contributed by atoms with Gasteiger partial charge in [0.2, 0.25) is 5.91 Å². The van der Waals surface area contributed by atoms with Crippen molar-refractivity contribution in [2.45, 2.75) is 20.3 Å². The molecule has 2 aromatic rings. The second-order valence-corrected chi connectivity index (χ2v) is 5.42. The number of benzene rings is 2. The highest BCUT2D eigenvalue weighted by Crippen LogP contribution is 2.23. The van der Waals surface area contributed by atoms with Crippen LogP contribution in [0, 0.1) is 0 Å². The average Bonchev–Trinajstić information content (AvgIpc) is 2.64. The van der Waals surface area contributed by atoms with Crippen LogP contribution in [0.5, 0.6) is 5.75 Å². The molecule has 0 radical (unpaired) electrons. The molecule has 26 heavy (non-hydrogen) atoms. The van der Waals surface area contributed by atoms with Crippen LogP contribution in [0.4, 0.5) is 11.4 Å². The van der Waals surface area contributed by atoms with Gasteiger partial charge in [-0.1, -0.05) is 24.3 Å². The van der Waals surface area contributed by atoms with Crippen molar-refractivity contribution in [2.75, 3.05) is 30.4 Å². The predicted molar refractivity (Wildman–Crippen MR) is 102 cm³/mol. The van der Waals surface area contributed by atoms with E-state index in [4.69, 9.17) is 9.47 Å². The van der Waals surface area contributed by atoms with E-state index in [1.807, 2.05) is 31.2 Å². The molecule has 2 rings (SSSR count). The Morgan fingerprint density at radius 1 is 0.923 bits per heavy atom. The fourth-order valence-electron chi connectivity index (χ4n) is 2.40. The van der Waals surface area contributed by atoms with Crippen LogP contribution in [-0.4, -0.2) is 31.6 Å². The van der Waals surface area contributed by atoms with E-state index >= 15 is 0 Å². The van der Waals surface area contributed by atoms with Gasteiger partial charge in [-0.25, -0.2) is 4.79 Å². The summed E-state index contributed by atoms with van der Waals surface area (Å²) in [4.78, 5) is 24.2. The monoisotopic (exact) mass is 356 g/mol. The summed E-state index contributed by atoms with van der Waals surface area (Å²) in [6, 6.07) is 14.4. The minimum atomic E-state index is -0.452. The van der Waals surface area contributed by atoms with Crippen LogP contribution in [0.25, 0.3) is 0 Å². The minimum Gasteiger partial charge on any atom is -0.492 e. The first-order valence-corrected chi connectivity index (χ1v) is 8.67. The lowest BCUT2D eigenvalue weighted by atomic mass is 10.1. The molecule has 0 atom stereocenters. The maximum atomic E-state index is 12.2. The number of ether oxygens (including phenoxy) is 2. The summed E-state index contributed by atoms with van der Waals surface area (Å²) in [5.41, 5.74) is 1.64. The van der Waals surface area contributed by atoms with Crippen LogP contribution in [0.15, 0.2) is 48.5 Å². The number of carbonyl (C=O) groups excluding carboxylic acids is 2. The van der Waals surface area contributed by atoms with Crippen LogP contribution in [-0.2, 0) is 9.53 Å². The van der Waals surface area contributed by atoms with Gasteiger partial charge in [0, 0.05) is 13.0 Å². The third-order valence-electron chi connectivity index (χ3n) is 3.55. The summed E-state index contributed by atoms with van der Waals surface area (Å²) < 4.78 is 10.5. The van der Waals surface area contributed by atoms with E-state index in [0.717, 1.165) is 11.4 Å². The molecule has 0 aliphatic rings. The lowest BCUT2D eigenvalue weighted by Crippen LogP contribution is -2.18. The lowest BCUT2D eigenvalue weighted by Gasteiger charge is -2.13. The number of esters is 1. The number of para-hydroxylation sites is 3. The van der Waals surface area contributed by atoms with Crippen molar-refractivity contribution in [2.24, 2.45) is 0 Å². The smallest absolute Gasteiger partial charge is 0.340 e. The Hall–Kier alpha value is -3.02. The topological polar surface area (TPSA) is 76.7 Å². The number of carbonyl (C=O) groups is 2. The SMILES string of the molecule is CCOC(=O)c1ccccc1NC(=O)CCNc1ccccc1OCC. The summed E-state index contributed by atoms with van der Waals surface area (Å²) in [5, 5.41) is 5.96. The number of anilines is 2. The van der Waals surface area contributed by atoms with Crippen molar-refractivity contribution >= 4 is 23.3 Å². The second-order valence-electron chi connectivity index (χ2n) is 5.42. The largest absolute Gasteiger partial charge is 0.492 e. The van der Waals surface area contributed by atoms with Gasteiger partial charge >= 0.3 is 5.97 Å². The number of hydrogen-bond donors (Lipinski definition) is 2. The first-order chi connectivity index (χ1) is 12.7. The summed E-state index contributed by atoms with van der Waals surface area (Å²) >= 11 is 0. The van der Waals surface area contributed by atoms with Crippen molar-refractivity contribution in [3.05, 3.63) is 54.1 Å². The van der Waals surface area contributed by atoms with Crippen LogP contribution >= 0.6 is 0 Å². The molecule has 2 aromatic carbocycles. The Bertz CT molecular complexity index is 746. The summed E-state index contributed by atoms with van der Waals surface area (Å²) in [6.07, 6.45) is 0.248. The van der Waals surface area contributed by atoms with Crippen molar-refractivity contribution in [3.8, 4) is 5.75 Å². The molecule has 0 fully saturated rings. The fraction of sp³-hybridized carbons (Fsp3) is 0.300. The Kier molecular flexibility index (Phi) is 7.49. The third-order valence-corrected chi connectivity index (χ3v) is 3.55. The van der Waals surface area contributed by atoms with Crippen LogP contribution < -0.4 is 15.4 Å². The highest BCUT2D eigenvalue weighted by atomic mass is 16.5. The van der Waals surface area contributed by atoms with Gasteiger partial charge in [0.05, 0.1) is 30.2 Å². The molecule has 0 saturated carbocycles. The Morgan fingerprint density at radius 2 is 1.62 bits per heavy atom. The molecular formula is C20H24N2O4.